The van der Waals surface area contributed by atoms with E-state index in [2.05, 4.69) is 0 Å². The number of carbonyl (C=O) groups is 1. The fourth-order valence-corrected chi connectivity index (χ4v) is 1.41. The molecular weight excluding hydrogens is 168 g/mol. The number of carboxylic acid groups (broad SMARTS) is 1. The lowest BCUT2D eigenvalue weighted by atomic mass is 9.86. The Morgan fingerprint density at radius 1 is 1.54 bits per heavy atom. The van der Waals surface area contributed by atoms with Gasteiger partial charge in [0.25, 0.3) is 0 Å². The smallest absolute Gasteiger partial charge is 0.322 e. The Balaban J connectivity index is 4.45. The minimum atomic E-state index is -1.12. The molecule has 0 rings (SSSR count). The maximum atomic E-state index is 10.6. The zero-order valence-corrected chi connectivity index (χ0v) is 8.03. The van der Waals surface area contributed by atoms with Crippen molar-refractivity contribution in [3.05, 3.63) is 0 Å². The minimum absolute atomic E-state index is 0.112. The molecule has 4 nitrogen and oxygen atoms in total. The molecule has 0 aliphatic heterocycles. The van der Waals surface area contributed by atoms with Crippen LogP contribution in [0.25, 0.3) is 0 Å². The normalized spacial score (nSPS) is 15.0. The second-order valence-corrected chi connectivity index (χ2v) is 3.10. The van der Waals surface area contributed by atoms with Crippen molar-refractivity contribution < 1.29 is 9.90 Å². The molecule has 0 bridgehead atoms. The molecule has 0 amide bonds. The topological polar surface area (TPSA) is 87.1 Å². The number of nitriles is 1. The van der Waals surface area contributed by atoms with Gasteiger partial charge < -0.3 is 10.8 Å². The molecule has 0 aliphatic carbocycles. The van der Waals surface area contributed by atoms with Gasteiger partial charge in [-0.1, -0.05) is 26.7 Å². The monoisotopic (exact) mass is 184 g/mol. The van der Waals surface area contributed by atoms with Crippen LogP contribution in [0, 0.1) is 23.2 Å². The first-order valence-electron chi connectivity index (χ1n) is 4.46. The number of hydrogen-bond acceptors (Lipinski definition) is 3. The Labute approximate surface area is 78.3 Å². The Hall–Kier alpha value is -1.08. The molecular formula is C9H16N2O2. The average Bonchev–Trinajstić information content (AvgIpc) is 2.07. The average molecular weight is 184 g/mol. The molecule has 0 aliphatic rings. The maximum Gasteiger partial charge on any atom is 0.322 e. The van der Waals surface area contributed by atoms with Crippen molar-refractivity contribution in [2.45, 2.75) is 32.7 Å². The van der Waals surface area contributed by atoms with E-state index in [4.69, 9.17) is 16.1 Å². The zero-order valence-electron chi connectivity index (χ0n) is 8.03. The lowest BCUT2D eigenvalue weighted by Crippen LogP contribution is -2.40. The third-order valence-electron chi connectivity index (χ3n) is 2.38. The van der Waals surface area contributed by atoms with Crippen molar-refractivity contribution in [2.75, 3.05) is 0 Å². The Morgan fingerprint density at radius 3 is 2.23 bits per heavy atom. The second kappa shape index (κ2) is 5.55. The highest BCUT2D eigenvalue weighted by Crippen LogP contribution is 2.17. The quantitative estimate of drug-likeness (QED) is 0.666. The standard InChI is InChI=1S/C9H16N2O2/c1-3-6(4-2)8(11)7(5-10)9(12)13/h6-8H,3-4,11H2,1-2H3,(H,12,13). The van der Waals surface area contributed by atoms with Gasteiger partial charge in [0.15, 0.2) is 5.92 Å². The van der Waals surface area contributed by atoms with Crippen LogP contribution in [0.4, 0.5) is 0 Å². The molecule has 3 N–H and O–H groups in total. The third kappa shape index (κ3) is 3.03. The van der Waals surface area contributed by atoms with Crippen LogP contribution >= 0.6 is 0 Å². The van der Waals surface area contributed by atoms with Gasteiger partial charge in [0.05, 0.1) is 6.07 Å². The Morgan fingerprint density at radius 2 is 2.00 bits per heavy atom. The predicted molar refractivity (Wildman–Crippen MR) is 48.8 cm³/mol. The maximum absolute atomic E-state index is 10.6. The summed E-state index contributed by atoms with van der Waals surface area (Å²) in [4.78, 5) is 10.6. The fraction of sp³-hybridized carbons (Fsp3) is 0.778. The summed E-state index contributed by atoms with van der Waals surface area (Å²) in [5, 5.41) is 17.3. The largest absolute Gasteiger partial charge is 0.480 e. The second-order valence-electron chi connectivity index (χ2n) is 3.10. The van der Waals surface area contributed by atoms with Crippen LogP contribution < -0.4 is 5.73 Å². The van der Waals surface area contributed by atoms with Crippen molar-refractivity contribution in [1.82, 2.24) is 0 Å². The van der Waals surface area contributed by atoms with E-state index in [-0.39, 0.29) is 5.92 Å². The number of rotatable bonds is 5. The highest BCUT2D eigenvalue weighted by atomic mass is 16.4. The van der Waals surface area contributed by atoms with Gasteiger partial charge in [-0.15, -0.1) is 0 Å². The highest BCUT2D eigenvalue weighted by molar-refractivity contribution is 5.73. The number of nitrogens with zero attached hydrogens (tertiary/aromatic N) is 1. The van der Waals surface area contributed by atoms with Crippen molar-refractivity contribution in [3.8, 4) is 6.07 Å². The number of hydrogen-bond donors (Lipinski definition) is 2. The van der Waals surface area contributed by atoms with Gasteiger partial charge in [-0.25, -0.2) is 0 Å². The van der Waals surface area contributed by atoms with Crippen LogP contribution in [0.15, 0.2) is 0 Å². The van der Waals surface area contributed by atoms with Crippen LogP contribution in [0.1, 0.15) is 26.7 Å². The fourth-order valence-electron chi connectivity index (χ4n) is 1.41. The van der Waals surface area contributed by atoms with Gasteiger partial charge in [-0.2, -0.15) is 5.26 Å². The summed E-state index contributed by atoms with van der Waals surface area (Å²) in [5.41, 5.74) is 5.69. The lowest BCUT2D eigenvalue weighted by Gasteiger charge is -2.22. The molecule has 13 heavy (non-hydrogen) atoms. The Kier molecular flexibility index (Phi) is 5.09. The van der Waals surface area contributed by atoms with Crippen molar-refractivity contribution in [3.63, 3.8) is 0 Å². The lowest BCUT2D eigenvalue weighted by molar-refractivity contribution is -0.140. The zero-order chi connectivity index (χ0) is 10.4. The van der Waals surface area contributed by atoms with Gasteiger partial charge in [0, 0.05) is 6.04 Å². The molecule has 4 heteroatoms. The number of carboxylic acids is 1. The molecule has 74 valence electrons. The molecule has 0 spiro atoms. The van der Waals surface area contributed by atoms with Gasteiger partial charge in [0.2, 0.25) is 0 Å². The van der Waals surface area contributed by atoms with Crippen molar-refractivity contribution in [2.24, 2.45) is 17.6 Å². The summed E-state index contributed by atoms with van der Waals surface area (Å²) in [5.74, 6) is -2.09. The summed E-state index contributed by atoms with van der Waals surface area (Å²) in [6.45, 7) is 3.90. The molecule has 0 heterocycles. The van der Waals surface area contributed by atoms with E-state index in [1.807, 2.05) is 13.8 Å². The molecule has 0 aromatic heterocycles. The molecule has 0 radical (unpaired) electrons. The van der Waals surface area contributed by atoms with Crippen molar-refractivity contribution in [1.29, 1.82) is 5.26 Å². The van der Waals surface area contributed by atoms with E-state index in [1.165, 1.54) is 0 Å². The third-order valence-corrected chi connectivity index (χ3v) is 2.38. The molecule has 2 unspecified atom stereocenters. The molecule has 0 saturated heterocycles. The van der Waals surface area contributed by atoms with Gasteiger partial charge in [0.1, 0.15) is 0 Å². The highest BCUT2D eigenvalue weighted by Gasteiger charge is 2.29. The van der Waals surface area contributed by atoms with E-state index in [1.54, 1.807) is 6.07 Å². The predicted octanol–water partition coefficient (Wildman–Crippen LogP) is 0.974. The van der Waals surface area contributed by atoms with E-state index < -0.39 is 17.9 Å². The molecule has 2 atom stereocenters. The van der Waals surface area contributed by atoms with Crippen LogP contribution in [0.3, 0.4) is 0 Å². The van der Waals surface area contributed by atoms with Crippen molar-refractivity contribution >= 4 is 5.97 Å². The summed E-state index contributed by atoms with van der Waals surface area (Å²) in [6.07, 6.45) is 1.62. The summed E-state index contributed by atoms with van der Waals surface area (Å²) < 4.78 is 0. The van der Waals surface area contributed by atoms with Crippen LogP contribution in [0.2, 0.25) is 0 Å². The SMILES string of the molecule is CCC(CC)C(N)C(C#N)C(=O)O. The van der Waals surface area contributed by atoms with Crippen LogP contribution in [-0.2, 0) is 4.79 Å². The summed E-state index contributed by atoms with van der Waals surface area (Å²) in [6, 6.07) is 1.17. The van der Waals surface area contributed by atoms with Gasteiger partial charge in [-0.3, -0.25) is 4.79 Å². The molecule has 0 aromatic carbocycles. The first-order chi connectivity index (χ1) is 6.08. The van der Waals surface area contributed by atoms with E-state index in [0.717, 1.165) is 12.8 Å². The van der Waals surface area contributed by atoms with Crippen LogP contribution in [-0.4, -0.2) is 17.1 Å². The number of nitrogens with two attached hydrogens (primary N) is 1. The first-order valence-corrected chi connectivity index (χ1v) is 4.46. The molecule has 0 saturated carbocycles. The number of aliphatic carboxylic acids is 1. The Bertz CT molecular complexity index is 206. The van der Waals surface area contributed by atoms with E-state index >= 15 is 0 Å². The minimum Gasteiger partial charge on any atom is -0.480 e. The summed E-state index contributed by atoms with van der Waals surface area (Å²) >= 11 is 0. The summed E-state index contributed by atoms with van der Waals surface area (Å²) in [7, 11) is 0. The van der Waals surface area contributed by atoms with Crippen LogP contribution in [0.5, 0.6) is 0 Å². The van der Waals surface area contributed by atoms with Gasteiger partial charge in [-0.05, 0) is 5.92 Å². The molecule has 0 aromatic rings. The molecule has 0 fully saturated rings. The van der Waals surface area contributed by atoms with E-state index in [9.17, 15) is 4.79 Å². The van der Waals surface area contributed by atoms with E-state index in [0.29, 0.717) is 0 Å². The van der Waals surface area contributed by atoms with Gasteiger partial charge >= 0.3 is 5.97 Å². The first kappa shape index (κ1) is 11.9.